The predicted octanol–water partition coefficient (Wildman–Crippen LogP) is 3.69. The van der Waals surface area contributed by atoms with Crippen LogP contribution in [-0.4, -0.2) is 50.1 Å². The second-order valence-corrected chi connectivity index (χ2v) is 6.07. The molecule has 0 unspecified atom stereocenters. The van der Waals surface area contributed by atoms with Crippen LogP contribution in [0, 0.1) is 0 Å². The fourth-order valence-electron chi connectivity index (χ4n) is 2.83. The molecule has 1 amide bonds. The zero-order valence-electron chi connectivity index (χ0n) is 13.9. The molecule has 0 aliphatic carbocycles. The number of hydrogen-bond acceptors (Lipinski definition) is 5. The van der Waals surface area contributed by atoms with E-state index in [1.165, 1.54) is 0 Å². The van der Waals surface area contributed by atoms with E-state index < -0.39 is 0 Å². The molecule has 1 aromatic carbocycles. The van der Waals surface area contributed by atoms with Gasteiger partial charge in [-0.3, -0.25) is 4.79 Å². The number of carbonyl (C=O) groups is 2. The van der Waals surface area contributed by atoms with Crippen LogP contribution in [0.1, 0.15) is 17.5 Å². The number of anilines is 1. The van der Waals surface area contributed by atoms with Crippen LogP contribution in [0.5, 0.6) is 0 Å². The van der Waals surface area contributed by atoms with Gasteiger partial charge in [-0.1, -0.05) is 11.6 Å². The van der Waals surface area contributed by atoms with Crippen molar-refractivity contribution in [2.24, 2.45) is 0 Å². The molecule has 1 aliphatic heterocycles. The van der Waals surface area contributed by atoms with E-state index in [0.29, 0.717) is 49.9 Å². The van der Waals surface area contributed by atoms with Crippen LogP contribution >= 0.6 is 11.6 Å². The molecule has 2 heterocycles. The van der Waals surface area contributed by atoms with E-state index in [-0.39, 0.29) is 11.9 Å². The molecule has 6 nitrogen and oxygen atoms in total. The first-order valence-electron chi connectivity index (χ1n) is 8.14. The van der Waals surface area contributed by atoms with Gasteiger partial charge in [-0.2, -0.15) is 0 Å². The minimum Gasteiger partial charge on any atom is -0.453 e. The third-order valence-corrected chi connectivity index (χ3v) is 4.42. The number of nitrogens with zero attached hydrogens (tertiary/aromatic N) is 2. The van der Waals surface area contributed by atoms with E-state index in [1.54, 1.807) is 24.0 Å². The number of benzene rings is 1. The summed E-state index contributed by atoms with van der Waals surface area (Å²) in [7, 11) is 0. The summed E-state index contributed by atoms with van der Waals surface area (Å²) in [6, 6.07) is 9.03. The zero-order valence-corrected chi connectivity index (χ0v) is 14.7. The van der Waals surface area contributed by atoms with Crippen LogP contribution < -0.4 is 4.90 Å². The maximum atomic E-state index is 11.8. The topological polar surface area (TPSA) is 63.0 Å². The van der Waals surface area contributed by atoms with E-state index in [9.17, 15) is 9.59 Å². The van der Waals surface area contributed by atoms with Crippen LogP contribution in [0.25, 0.3) is 11.3 Å². The quantitative estimate of drug-likeness (QED) is 0.776. The van der Waals surface area contributed by atoms with Crippen LogP contribution in [0.3, 0.4) is 0 Å². The van der Waals surface area contributed by atoms with Crippen molar-refractivity contribution in [1.29, 1.82) is 0 Å². The van der Waals surface area contributed by atoms with Crippen molar-refractivity contribution >= 4 is 29.7 Å². The molecule has 0 bridgehead atoms. The van der Waals surface area contributed by atoms with E-state index in [1.807, 2.05) is 18.2 Å². The maximum absolute atomic E-state index is 11.8. The molecule has 1 saturated heterocycles. The van der Waals surface area contributed by atoms with E-state index >= 15 is 0 Å². The average molecular weight is 363 g/mol. The fraction of sp³-hybridized carbons (Fsp3) is 0.333. The van der Waals surface area contributed by atoms with E-state index in [0.717, 1.165) is 11.3 Å². The van der Waals surface area contributed by atoms with Crippen molar-refractivity contribution in [3.63, 3.8) is 0 Å². The van der Waals surface area contributed by atoms with Crippen LogP contribution in [0.15, 0.2) is 34.7 Å². The van der Waals surface area contributed by atoms with Gasteiger partial charge >= 0.3 is 6.09 Å². The molecule has 2 aromatic rings. The number of aldehydes is 1. The second kappa shape index (κ2) is 7.61. The minimum atomic E-state index is -0.271. The molecule has 0 N–H and O–H groups in total. The summed E-state index contributed by atoms with van der Waals surface area (Å²) in [5.41, 5.74) is 1.73. The number of furan rings is 1. The number of piperazine rings is 1. The Labute approximate surface area is 150 Å². The molecular weight excluding hydrogens is 344 g/mol. The first-order chi connectivity index (χ1) is 12.1. The number of rotatable bonds is 4. The van der Waals surface area contributed by atoms with Gasteiger partial charge in [0, 0.05) is 31.7 Å². The Morgan fingerprint density at radius 2 is 2.00 bits per heavy atom. The van der Waals surface area contributed by atoms with Crippen molar-refractivity contribution in [1.82, 2.24) is 4.90 Å². The van der Waals surface area contributed by atoms with Crippen LogP contribution in [-0.2, 0) is 4.74 Å². The molecule has 25 heavy (non-hydrogen) atoms. The Morgan fingerprint density at radius 3 is 2.60 bits per heavy atom. The summed E-state index contributed by atoms with van der Waals surface area (Å²) in [6.07, 6.45) is 0.398. The lowest BCUT2D eigenvalue weighted by Crippen LogP contribution is -2.49. The molecule has 0 radical (unpaired) electrons. The number of ether oxygens (including phenoxy) is 1. The Balaban J connectivity index is 1.70. The predicted molar refractivity (Wildman–Crippen MR) is 95.3 cm³/mol. The molecule has 132 valence electrons. The summed E-state index contributed by atoms with van der Waals surface area (Å²) in [5, 5.41) is 0.603. The highest BCUT2D eigenvalue weighted by Gasteiger charge is 2.23. The molecular formula is C18H19ClN2O4. The van der Waals surface area contributed by atoms with Crippen molar-refractivity contribution in [2.45, 2.75) is 6.92 Å². The number of carbonyl (C=O) groups excluding carboxylic acids is 2. The van der Waals surface area contributed by atoms with Crippen molar-refractivity contribution < 1.29 is 18.7 Å². The maximum Gasteiger partial charge on any atom is 0.409 e. The molecule has 0 atom stereocenters. The summed E-state index contributed by atoms with van der Waals surface area (Å²) in [5.74, 6) is 0.882. The zero-order chi connectivity index (χ0) is 17.8. The smallest absolute Gasteiger partial charge is 0.409 e. The Kier molecular flexibility index (Phi) is 5.28. The van der Waals surface area contributed by atoms with Gasteiger partial charge in [0.05, 0.1) is 17.3 Å². The lowest BCUT2D eigenvalue weighted by Gasteiger charge is -2.35. The highest BCUT2D eigenvalue weighted by atomic mass is 35.5. The normalized spacial score (nSPS) is 14.5. The third kappa shape index (κ3) is 3.79. The van der Waals surface area contributed by atoms with Crippen molar-refractivity contribution in [3.8, 4) is 11.3 Å². The van der Waals surface area contributed by atoms with Gasteiger partial charge in [-0.05, 0) is 37.3 Å². The van der Waals surface area contributed by atoms with Crippen LogP contribution in [0.2, 0.25) is 5.02 Å². The highest BCUT2D eigenvalue weighted by Crippen LogP contribution is 2.32. The van der Waals surface area contributed by atoms with Gasteiger partial charge in [-0.15, -0.1) is 0 Å². The Morgan fingerprint density at radius 1 is 1.24 bits per heavy atom. The van der Waals surface area contributed by atoms with Gasteiger partial charge in [-0.25, -0.2) is 4.79 Å². The molecule has 0 spiro atoms. The third-order valence-electron chi connectivity index (χ3n) is 4.12. The summed E-state index contributed by atoms with van der Waals surface area (Å²) in [4.78, 5) is 26.3. The van der Waals surface area contributed by atoms with Gasteiger partial charge < -0.3 is 19.0 Å². The standard InChI is InChI=1S/C18H19ClN2O4/c1-2-24-18(23)21-9-7-20(8-10-21)16-5-3-13(11-15(16)19)17-6-4-14(12-22)25-17/h3-6,11-12H,2,7-10H2,1H3. The molecule has 7 heteroatoms. The van der Waals surface area contributed by atoms with Crippen LogP contribution in [0.4, 0.5) is 10.5 Å². The molecule has 3 rings (SSSR count). The largest absolute Gasteiger partial charge is 0.453 e. The van der Waals surface area contributed by atoms with Gasteiger partial charge in [0.1, 0.15) is 5.76 Å². The Bertz CT molecular complexity index is 766. The Hall–Kier alpha value is -2.47. The summed E-state index contributed by atoms with van der Waals surface area (Å²) < 4.78 is 10.5. The molecule has 1 aromatic heterocycles. The molecule has 1 fully saturated rings. The van der Waals surface area contributed by atoms with Gasteiger partial charge in [0.2, 0.25) is 0 Å². The monoisotopic (exact) mass is 362 g/mol. The number of halogens is 1. The van der Waals surface area contributed by atoms with E-state index in [2.05, 4.69) is 4.90 Å². The lowest BCUT2D eigenvalue weighted by molar-refractivity contribution is 0.105. The van der Waals surface area contributed by atoms with Crippen molar-refractivity contribution in [3.05, 3.63) is 41.1 Å². The summed E-state index contributed by atoms with van der Waals surface area (Å²) in [6.45, 7) is 4.74. The number of amides is 1. The van der Waals surface area contributed by atoms with E-state index in [4.69, 9.17) is 20.8 Å². The molecule has 0 saturated carbocycles. The van der Waals surface area contributed by atoms with Crippen molar-refractivity contribution in [2.75, 3.05) is 37.7 Å². The highest BCUT2D eigenvalue weighted by molar-refractivity contribution is 6.33. The SMILES string of the molecule is CCOC(=O)N1CCN(c2ccc(-c3ccc(C=O)o3)cc2Cl)CC1. The molecule has 1 aliphatic rings. The summed E-state index contributed by atoms with van der Waals surface area (Å²) >= 11 is 6.44. The first-order valence-corrected chi connectivity index (χ1v) is 8.51. The average Bonchev–Trinajstić information content (AvgIpc) is 3.11. The van der Waals surface area contributed by atoms with Gasteiger partial charge in [0.25, 0.3) is 0 Å². The fourth-order valence-corrected chi connectivity index (χ4v) is 3.13. The number of hydrogen-bond donors (Lipinski definition) is 0. The first kappa shape index (κ1) is 17.4. The minimum absolute atomic E-state index is 0.271. The van der Waals surface area contributed by atoms with Gasteiger partial charge in [0.15, 0.2) is 12.0 Å². The second-order valence-electron chi connectivity index (χ2n) is 5.66. The lowest BCUT2D eigenvalue weighted by atomic mass is 10.1.